The summed E-state index contributed by atoms with van der Waals surface area (Å²) in [6.07, 6.45) is 2.20. The van der Waals surface area contributed by atoms with Crippen molar-refractivity contribution in [3.63, 3.8) is 0 Å². The van der Waals surface area contributed by atoms with E-state index >= 15 is 0 Å². The van der Waals surface area contributed by atoms with Crippen molar-refractivity contribution in [1.82, 2.24) is 5.43 Å². The Balaban J connectivity index is 2.63. The summed E-state index contributed by atoms with van der Waals surface area (Å²) in [6, 6.07) is 8.03. The number of hydrogen-bond donors (Lipinski definition) is 3. The number of aryl methyl sites for hydroxylation is 1. The van der Waals surface area contributed by atoms with E-state index in [4.69, 9.17) is 5.84 Å². The Hall–Kier alpha value is -1.55. The molecule has 0 bridgehead atoms. The normalized spacial score (nSPS) is 11.3. The molecule has 0 saturated carbocycles. The van der Waals surface area contributed by atoms with Crippen molar-refractivity contribution in [3.8, 4) is 0 Å². The first-order chi connectivity index (χ1) is 7.77. The highest BCUT2D eigenvalue weighted by atomic mass is 15.3. The molecule has 0 aliphatic carbocycles. The molecule has 1 aromatic carbocycles. The Kier molecular flexibility index (Phi) is 5.36. The molecule has 0 aromatic heterocycles. The highest BCUT2D eigenvalue weighted by Gasteiger charge is 1.99. The van der Waals surface area contributed by atoms with Crippen LogP contribution in [0.3, 0.4) is 0 Å². The Labute approximate surface area is 96.9 Å². The number of hydrazine groups is 1. The average Bonchev–Trinajstić information content (AvgIpc) is 2.30. The van der Waals surface area contributed by atoms with Crippen molar-refractivity contribution in [2.75, 3.05) is 11.9 Å². The monoisotopic (exact) mass is 220 g/mol. The van der Waals surface area contributed by atoms with Gasteiger partial charge in [0.1, 0.15) is 0 Å². The lowest BCUT2D eigenvalue weighted by Crippen LogP contribution is -2.36. The van der Waals surface area contributed by atoms with Crippen molar-refractivity contribution in [2.24, 2.45) is 10.8 Å². The number of unbranched alkanes of at least 4 members (excludes halogenated alkanes) is 1. The van der Waals surface area contributed by atoms with Gasteiger partial charge in [-0.3, -0.25) is 10.4 Å². The second kappa shape index (κ2) is 6.85. The Morgan fingerprint density at radius 2 is 2.12 bits per heavy atom. The molecule has 1 aromatic rings. The summed E-state index contributed by atoms with van der Waals surface area (Å²) < 4.78 is 0. The van der Waals surface area contributed by atoms with Gasteiger partial charge < -0.3 is 5.32 Å². The number of benzene rings is 1. The van der Waals surface area contributed by atoms with Crippen LogP contribution >= 0.6 is 0 Å². The molecule has 88 valence electrons. The maximum absolute atomic E-state index is 5.41. The molecule has 4 heteroatoms. The zero-order chi connectivity index (χ0) is 11.8. The number of nitrogens with two attached hydrogens (primary N) is 1. The molecule has 0 heterocycles. The third kappa shape index (κ3) is 3.90. The number of nitrogens with zero attached hydrogens (tertiary/aromatic N) is 1. The largest absolute Gasteiger partial charge is 0.325 e. The van der Waals surface area contributed by atoms with Crippen molar-refractivity contribution < 1.29 is 0 Å². The molecule has 0 aliphatic rings. The minimum Gasteiger partial charge on any atom is -0.325 e. The lowest BCUT2D eigenvalue weighted by atomic mass is 10.2. The maximum Gasteiger partial charge on any atom is 0.210 e. The zero-order valence-electron chi connectivity index (χ0n) is 9.96. The van der Waals surface area contributed by atoms with Gasteiger partial charge in [0.2, 0.25) is 5.96 Å². The van der Waals surface area contributed by atoms with Gasteiger partial charge in [0.25, 0.3) is 0 Å². The molecule has 0 spiro atoms. The van der Waals surface area contributed by atoms with E-state index in [2.05, 4.69) is 22.7 Å². The molecule has 0 fully saturated rings. The van der Waals surface area contributed by atoms with Crippen LogP contribution in [0.25, 0.3) is 0 Å². The predicted molar refractivity (Wildman–Crippen MR) is 69.3 cm³/mol. The fraction of sp³-hybridized carbons (Fsp3) is 0.417. The number of anilines is 1. The zero-order valence-corrected chi connectivity index (χ0v) is 9.96. The summed E-state index contributed by atoms with van der Waals surface area (Å²) in [6.45, 7) is 4.97. The number of guanidine groups is 1. The summed E-state index contributed by atoms with van der Waals surface area (Å²) in [7, 11) is 0. The first kappa shape index (κ1) is 12.5. The minimum atomic E-state index is 0.614. The van der Waals surface area contributed by atoms with E-state index in [1.165, 1.54) is 5.56 Å². The number of para-hydroxylation sites is 1. The Morgan fingerprint density at radius 1 is 1.38 bits per heavy atom. The van der Waals surface area contributed by atoms with E-state index in [0.29, 0.717) is 5.96 Å². The number of rotatable bonds is 4. The fourth-order valence-electron chi connectivity index (χ4n) is 1.31. The second-order valence-corrected chi connectivity index (χ2v) is 3.67. The molecule has 16 heavy (non-hydrogen) atoms. The first-order valence-corrected chi connectivity index (χ1v) is 5.61. The summed E-state index contributed by atoms with van der Waals surface area (Å²) in [5.74, 6) is 6.02. The smallest absolute Gasteiger partial charge is 0.210 e. The fourth-order valence-corrected chi connectivity index (χ4v) is 1.31. The Morgan fingerprint density at radius 3 is 2.75 bits per heavy atom. The van der Waals surface area contributed by atoms with Crippen molar-refractivity contribution in [2.45, 2.75) is 26.7 Å². The predicted octanol–water partition coefficient (Wildman–Crippen LogP) is 2.03. The van der Waals surface area contributed by atoms with Gasteiger partial charge in [0.15, 0.2) is 0 Å². The van der Waals surface area contributed by atoms with Crippen LogP contribution in [0.1, 0.15) is 25.3 Å². The van der Waals surface area contributed by atoms with Gasteiger partial charge in [-0.2, -0.15) is 0 Å². The van der Waals surface area contributed by atoms with Crippen LogP contribution in [0.15, 0.2) is 29.3 Å². The quantitative estimate of drug-likeness (QED) is 0.239. The molecular formula is C12H20N4. The van der Waals surface area contributed by atoms with Gasteiger partial charge in [0.05, 0.1) is 0 Å². The average molecular weight is 220 g/mol. The van der Waals surface area contributed by atoms with Crippen molar-refractivity contribution >= 4 is 11.6 Å². The number of nitrogens with one attached hydrogen (secondary N) is 2. The second-order valence-electron chi connectivity index (χ2n) is 3.67. The molecule has 0 amide bonds. The molecule has 4 N–H and O–H groups in total. The molecule has 0 radical (unpaired) electrons. The lowest BCUT2D eigenvalue weighted by molar-refractivity contribution is 0.801. The van der Waals surface area contributed by atoms with Crippen molar-refractivity contribution in [1.29, 1.82) is 0 Å². The summed E-state index contributed by atoms with van der Waals surface area (Å²) in [4.78, 5) is 4.34. The van der Waals surface area contributed by atoms with Gasteiger partial charge in [-0.15, -0.1) is 0 Å². The van der Waals surface area contributed by atoms with E-state index in [0.717, 1.165) is 25.1 Å². The van der Waals surface area contributed by atoms with E-state index in [-0.39, 0.29) is 0 Å². The van der Waals surface area contributed by atoms with Crippen LogP contribution in [0, 0.1) is 6.92 Å². The third-order valence-corrected chi connectivity index (χ3v) is 2.32. The van der Waals surface area contributed by atoms with E-state index < -0.39 is 0 Å². The molecule has 0 saturated heterocycles. The van der Waals surface area contributed by atoms with Crippen LogP contribution in [0.5, 0.6) is 0 Å². The van der Waals surface area contributed by atoms with E-state index in [1.54, 1.807) is 0 Å². The van der Waals surface area contributed by atoms with Crippen LogP contribution < -0.4 is 16.6 Å². The molecular weight excluding hydrogens is 200 g/mol. The highest BCUT2D eigenvalue weighted by Crippen LogP contribution is 2.12. The maximum atomic E-state index is 5.41. The number of hydrogen-bond acceptors (Lipinski definition) is 2. The van der Waals surface area contributed by atoms with E-state index in [9.17, 15) is 0 Å². The van der Waals surface area contributed by atoms with E-state index in [1.807, 2.05) is 31.2 Å². The topological polar surface area (TPSA) is 62.4 Å². The van der Waals surface area contributed by atoms with Gasteiger partial charge >= 0.3 is 0 Å². The van der Waals surface area contributed by atoms with Gasteiger partial charge in [-0.25, -0.2) is 5.84 Å². The number of aliphatic imine (C=N–C) groups is 1. The van der Waals surface area contributed by atoms with Gasteiger partial charge in [-0.1, -0.05) is 31.5 Å². The Bertz CT molecular complexity index is 347. The van der Waals surface area contributed by atoms with Gasteiger partial charge in [-0.05, 0) is 25.0 Å². The molecule has 4 nitrogen and oxygen atoms in total. The van der Waals surface area contributed by atoms with Crippen molar-refractivity contribution in [3.05, 3.63) is 29.8 Å². The van der Waals surface area contributed by atoms with Gasteiger partial charge in [0, 0.05) is 12.2 Å². The van der Waals surface area contributed by atoms with Crippen LogP contribution in [-0.4, -0.2) is 12.5 Å². The summed E-state index contributed by atoms with van der Waals surface area (Å²) in [5.41, 5.74) is 4.77. The standard InChI is InChI=1S/C12H20N4/c1-3-4-9-14-12(16-13)15-11-8-6-5-7-10(11)2/h5-8H,3-4,9,13H2,1-2H3,(H2,14,15,16). The molecule has 0 atom stereocenters. The minimum absolute atomic E-state index is 0.614. The first-order valence-electron chi connectivity index (χ1n) is 5.61. The lowest BCUT2D eigenvalue weighted by Gasteiger charge is -2.11. The summed E-state index contributed by atoms with van der Waals surface area (Å²) >= 11 is 0. The summed E-state index contributed by atoms with van der Waals surface area (Å²) in [5, 5.41) is 3.17. The van der Waals surface area contributed by atoms with Crippen LogP contribution in [-0.2, 0) is 0 Å². The van der Waals surface area contributed by atoms with Crippen LogP contribution in [0.4, 0.5) is 5.69 Å². The highest BCUT2D eigenvalue weighted by molar-refractivity contribution is 5.93. The molecule has 1 rings (SSSR count). The van der Waals surface area contributed by atoms with Crippen LogP contribution in [0.2, 0.25) is 0 Å². The SMILES string of the molecule is CCCCN=C(NN)Nc1ccccc1C. The molecule has 0 aliphatic heterocycles. The molecule has 0 unspecified atom stereocenters. The third-order valence-electron chi connectivity index (χ3n) is 2.32.